The second kappa shape index (κ2) is 5.92. The molecule has 0 aromatic carbocycles. The highest BCUT2D eigenvalue weighted by atomic mass is 32.1. The molecular formula is C14H15N7OS. The van der Waals surface area contributed by atoms with Gasteiger partial charge in [-0.25, -0.2) is 4.68 Å². The number of likely N-dealkylation sites (tertiary alicyclic amines) is 1. The molecule has 1 saturated heterocycles. The normalized spacial score (nSPS) is 14.9. The molecule has 3 aromatic heterocycles. The summed E-state index contributed by atoms with van der Waals surface area (Å²) in [7, 11) is 0. The number of hydrogen-bond donors (Lipinski definition) is 0. The molecule has 1 aliphatic heterocycles. The summed E-state index contributed by atoms with van der Waals surface area (Å²) in [4.78, 5) is 16.7. The lowest BCUT2D eigenvalue weighted by Gasteiger charge is -2.38. The Bertz CT molecular complexity index is 774. The summed E-state index contributed by atoms with van der Waals surface area (Å²) in [6.07, 6.45) is 5.65. The fourth-order valence-corrected chi connectivity index (χ4v) is 3.23. The largest absolute Gasteiger partial charge is 0.338 e. The summed E-state index contributed by atoms with van der Waals surface area (Å²) in [5, 5.41) is 18.4. The van der Waals surface area contributed by atoms with Crippen LogP contribution in [0.1, 0.15) is 16.6 Å². The molecule has 0 bridgehead atoms. The first-order valence-corrected chi connectivity index (χ1v) is 8.21. The zero-order valence-electron chi connectivity index (χ0n) is 12.3. The Morgan fingerprint density at radius 1 is 1.30 bits per heavy atom. The predicted octanol–water partition coefficient (Wildman–Crippen LogP) is 0.605. The van der Waals surface area contributed by atoms with Crippen molar-refractivity contribution in [3.8, 4) is 0 Å². The van der Waals surface area contributed by atoms with Crippen LogP contribution in [0, 0.1) is 0 Å². The molecule has 3 aromatic rings. The lowest BCUT2D eigenvalue weighted by Crippen LogP contribution is -2.51. The molecule has 1 aliphatic rings. The number of carbonyl (C=O) groups is 1. The zero-order valence-corrected chi connectivity index (χ0v) is 13.1. The molecule has 0 spiro atoms. The van der Waals surface area contributed by atoms with Crippen molar-refractivity contribution in [2.75, 3.05) is 13.1 Å². The number of rotatable bonds is 5. The lowest BCUT2D eigenvalue weighted by molar-refractivity contribution is -0.136. The molecule has 0 radical (unpaired) electrons. The molecule has 1 amide bonds. The summed E-state index contributed by atoms with van der Waals surface area (Å²) in [6, 6.07) is 4.17. The van der Waals surface area contributed by atoms with E-state index in [0.29, 0.717) is 26.1 Å². The van der Waals surface area contributed by atoms with Crippen molar-refractivity contribution in [2.45, 2.75) is 19.0 Å². The van der Waals surface area contributed by atoms with Gasteiger partial charge in [0.15, 0.2) is 0 Å². The first-order chi connectivity index (χ1) is 11.3. The van der Waals surface area contributed by atoms with Crippen LogP contribution < -0.4 is 0 Å². The summed E-state index contributed by atoms with van der Waals surface area (Å²) in [6.45, 7) is 1.88. The van der Waals surface area contributed by atoms with E-state index in [0.717, 1.165) is 10.6 Å². The highest BCUT2D eigenvalue weighted by Gasteiger charge is 2.32. The second-order valence-electron chi connectivity index (χ2n) is 5.46. The summed E-state index contributed by atoms with van der Waals surface area (Å²) >= 11 is 1.62. The fourth-order valence-electron chi connectivity index (χ4n) is 2.53. The molecule has 0 N–H and O–H groups in total. The monoisotopic (exact) mass is 329 g/mol. The quantitative estimate of drug-likeness (QED) is 0.685. The van der Waals surface area contributed by atoms with E-state index in [9.17, 15) is 4.79 Å². The van der Waals surface area contributed by atoms with Crippen LogP contribution in [0.5, 0.6) is 0 Å². The molecule has 4 heterocycles. The maximum absolute atomic E-state index is 12.2. The summed E-state index contributed by atoms with van der Waals surface area (Å²) in [5.41, 5.74) is 0.810. The van der Waals surface area contributed by atoms with Gasteiger partial charge in [-0.2, -0.15) is 15.0 Å². The number of nitrogens with zero attached hydrogens (tertiary/aromatic N) is 7. The Morgan fingerprint density at radius 3 is 2.87 bits per heavy atom. The Kier molecular flexibility index (Phi) is 3.62. The van der Waals surface area contributed by atoms with E-state index in [-0.39, 0.29) is 11.9 Å². The van der Waals surface area contributed by atoms with Crippen molar-refractivity contribution in [3.63, 3.8) is 0 Å². The van der Waals surface area contributed by atoms with E-state index in [4.69, 9.17) is 0 Å². The number of amides is 1. The minimum atomic E-state index is 0.171. The van der Waals surface area contributed by atoms with Crippen LogP contribution in [0.2, 0.25) is 0 Å². The Morgan fingerprint density at radius 2 is 2.13 bits per heavy atom. The number of hydrogen-bond acceptors (Lipinski definition) is 6. The van der Waals surface area contributed by atoms with Crippen LogP contribution in [-0.4, -0.2) is 53.9 Å². The SMILES string of the molecule is O=C(Cc1cccs1)N1CC(n2cc(Cn3nccn3)nn2)C1. The minimum absolute atomic E-state index is 0.171. The molecule has 0 aliphatic carbocycles. The fraction of sp³-hybridized carbons (Fsp3) is 0.357. The molecule has 0 saturated carbocycles. The van der Waals surface area contributed by atoms with E-state index in [1.807, 2.05) is 33.3 Å². The first kappa shape index (κ1) is 14.1. The van der Waals surface area contributed by atoms with Crippen molar-refractivity contribution in [1.82, 2.24) is 34.9 Å². The molecule has 4 rings (SSSR count). The summed E-state index contributed by atoms with van der Waals surface area (Å²) < 4.78 is 1.83. The maximum atomic E-state index is 12.2. The average Bonchev–Trinajstić information content (AvgIpc) is 3.20. The molecule has 23 heavy (non-hydrogen) atoms. The van der Waals surface area contributed by atoms with Gasteiger partial charge in [-0.05, 0) is 11.4 Å². The van der Waals surface area contributed by atoms with Gasteiger partial charge in [0.2, 0.25) is 5.91 Å². The van der Waals surface area contributed by atoms with Crippen LogP contribution in [-0.2, 0) is 17.8 Å². The van der Waals surface area contributed by atoms with Gasteiger partial charge in [-0.15, -0.1) is 16.4 Å². The topological polar surface area (TPSA) is 81.7 Å². The van der Waals surface area contributed by atoms with Crippen molar-refractivity contribution in [1.29, 1.82) is 0 Å². The van der Waals surface area contributed by atoms with E-state index >= 15 is 0 Å². The van der Waals surface area contributed by atoms with Gasteiger partial charge >= 0.3 is 0 Å². The highest BCUT2D eigenvalue weighted by Crippen LogP contribution is 2.22. The molecule has 9 heteroatoms. The Balaban J connectivity index is 1.31. The third-order valence-electron chi connectivity index (χ3n) is 3.82. The van der Waals surface area contributed by atoms with Gasteiger partial charge in [-0.3, -0.25) is 4.79 Å². The average molecular weight is 329 g/mol. The van der Waals surface area contributed by atoms with Gasteiger partial charge in [0, 0.05) is 18.0 Å². The number of aromatic nitrogens is 6. The van der Waals surface area contributed by atoms with E-state index < -0.39 is 0 Å². The van der Waals surface area contributed by atoms with Crippen LogP contribution in [0.3, 0.4) is 0 Å². The molecular weight excluding hydrogens is 314 g/mol. The Labute approximate surface area is 136 Å². The maximum Gasteiger partial charge on any atom is 0.227 e. The molecule has 118 valence electrons. The van der Waals surface area contributed by atoms with E-state index in [1.54, 1.807) is 28.5 Å². The smallest absolute Gasteiger partial charge is 0.227 e. The number of thiophene rings is 1. The van der Waals surface area contributed by atoms with Crippen molar-refractivity contribution < 1.29 is 4.79 Å². The number of carbonyl (C=O) groups excluding carboxylic acids is 1. The third kappa shape index (κ3) is 3.00. The van der Waals surface area contributed by atoms with Crippen LogP contribution in [0.25, 0.3) is 0 Å². The zero-order chi connectivity index (χ0) is 15.6. The van der Waals surface area contributed by atoms with Crippen molar-refractivity contribution in [2.24, 2.45) is 0 Å². The third-order valence-corrected chi connectivity index (χ3v) is 4.70. The van der Waals surface area contributed by atoms with E-state index in [1.165, 1.54) is 0 Å². The van der Waals surface area contributed by atoms with Crippen LogP contribution in [0.15, 0.2) is 36.1 Å². The van der Waals surface area contributed by atoms with Gasteiger partial charge < -0.3 is 4.90 Å². The second-order valence-corrected chi connectivity index (χ2v) is 6.49. The van der Waals surface area contributed by atoms with Crippen LogP contribution >= 0.6 is 11.3 Å². The van der Waals surface area contributed by atoms with Gasteiger partial charge in [-0.1, -0.05) is 11.3 Å². The minimum Gasteiger partial charge on any atom is -0.338 e. The van der Waals surface area contributed by atoms with Crippen molar-refractivity contribution >= 4 is 17.2 Å². The predicted molar refractivity (Wildman–Crippen MR) is 82.8 cm³/mol. The Hall–Kier alpha value is -2.55. The molecule has 0 atom stereocenters. The van der Waals surface area contributed by atoms with Crippen molar-refractivity contribution in [3.05, 3.63) is 46.7 Å². The lowest BCUT2D eigenvalue weighted by atomic mass is 10.1. The molecule has 1 fully saturated rings. The van der Waals surface area contributed by atoms with Crippen LogP contribution in [0.4, 0.5) is 0 Å². The molecule has 0 unspecified atom stereocenters. The van der Waals surface area contributed by atoms with Gasteiger partial charge in [0.25, 0.3) is 0 Å². The highest BCUT2D eigenvalue weighted by molar-refractivity contribution is 7.10. The summed E-state index contributed by atoms with van der Waals surface area (Å²) in [5.74, 6) is 0.171. The van der Waals surface area contributed by atoms with Gasteiger partial charge in [0.1, 0.15) is 12.2 Å². The molecule has 8 nitrogen and oxygen atoms in total. The standard InChI is InChI=1S/C14H15N7OS/c22-14(6-13-2-1-5-23-13)19-9-12(10-19)20-7-11(17-18-20)8-21-15-3-4-16-21/h1-5,7,12H,6,8-10H2. The van der Waals surface area contributed by atoms with E-state index in [2.05, 4.69) is 20.5 Å². The first-order valence-electron chi connectivity index (χ1n) is 7.33. The van der Waals surface area contributed by atoms with Gasteiger partial charge in [0.05, 0.1) is 31.1 Å².